The lowest BCUT2D eigenvalue weighted by Gasteiger charge is -2.23. The van der Waals surface area contributed by atoms with E-state index in [9.17, 15) is 17.6 Å². The first-order valence-corrected chi connectivity index (χ1v) is 12.0. The topological polar surface area (TPSA) is 88.6 Å². The van der Waals surface area contributed by atoms with Crippen LogP contribution < -0.4 is 10.1 Å². The number of aromatic nitrogens is 1. The average molecular weight is 470 g/mol. The third-order valence-corrected chi connectivity index (χ3v) is 7.33. The number of nitrogens with one attached hydrogen (secondary N) is 1. The normalized spacial score (nSPS) is 16.5. The smallest absolute Gasteiger partial charge is 0.243 e. The van der Waals surface area contributed by atoms with E-state index in [0.717, 1.165) is 23.4 Å². The molecule has 2 heterocycles. The van der Waals surface area contributed by atoms with Crippen molar-refractivity contribution in [1.29, 1.82) is 0 Å². The van der Waals surface area contributed by atoms with Crippen LogP contribution in [-0.4, -0.2) is 36.2 Å². The first-order valence-electron chi connectivity index (χ1n) is 10.6. The first kappa shape index (κ1) is 22.9. The Balaban J connectivity index is 1.37. The molecule has 1 atom stereocenters. The summed E-state index contributed by atoms with van der Waals surface area (Å²) in [4.78, 5) is 17.0. The summed E-state index contributed by atoms with van der Waals surface area (Å²) in [5, 5.41) is 2.83. The minimum Gasteiger partial charge on any atom is -0.487 e. The van der Waals surface area contributed by atoms with Gasteiger partial charge in [-0.1, -0.05) is 18.2 Å². The lowest BCUT2D eigenvalue weighted by molar-refractivity contribution is -0.124. The summed E-state index contributed by atoms with van der Waals surface area (Å²) in [6.45, 7) is 0.810. The highest BCUT2D eigenvalue weighted by molar-refractivity contribution is 7.89. The van der Waals surface area contributed by atoms with Crippen LogP contribution in [0.2, 0.25) is 0 Å². The number of hydrogen-bond donors (Lipinski definition) is 1. The second-order valence-corrected chi connectivity index (χ2v) is 9.59. The highest BCUT2D eigenvalue weighted by Crippen LogP contribution is 2.26. The van der Waals surface area contributed by atoms with Crippen molar-refractivity contribution < 1.29 is 22.3 Å². The van der Waals surface area contributed by atoms with Crippen molar-refractivity contribution in [2.24, 2.45) is 0 Å². The van der Waals surface area contributed by atoms with Crippen LogP contribution in [0.15, 0.2) is 77.8 Å². The molecule has 1 aliphatic heterocycles. The van der Waals surface area contributed by atoms with Crippen molar-refractivity contribution in [1.82, 2.24) is 14.6 Å². The molecule has 3 aromatic rings. The Kier molecular flexibility index (Phi) is 7.00. The van der Waals surface area contributed by atoms with Crippen molar-refractivity contribution in [2.45, 2.75) is 36.9 Å². The number of hydrogen-bond acceptors (Lipinski definition) is 5. The van der Waals surface area contributed by atoms with Crippen LogP contribution in [0, 0.1) is 5.82 Å². The number of rotatable bonds is 8. The zero-order valence-electron chi connectivity index (χ0n) is 17.9. The molecular formula is C24H24FN3O4S. The molecule has 0 bridgehead atoms. The highest BCUT2D eigenvalue weighted by atomic mass is 32.2. The van der Waals surface area contributed by atoms with Gasteiger partial charge in [0, 0.05) is 19.3 Å². The summed E-state index contributed by atoms with van der Waals surface area (Å²) in [6.07, 6.45) is 2.71. The van der Waals surface area contributed by atoms with Crippen molar-refractivity contribution in [3.63, 3.8) is 0 Å². The Morgan fingerprint density at radius 3 is 2.70 bits per heavy atom. The van der Waals surface area contributed by atoms with Gasteiger partial charge in [0.15, 0.2) is 0 Å². The Labute approximate surface area is 192 Å². The number of ether oxygens (including phenoxy) is 1. The quantitative estimate of drug-likeness (QED) is 0.547. The molecule has 1 aromatic heterocycles. The molecule has 1 saturated heterocycles. The van der Waals surface area contributed by atoms with E-state index < -0.39 is 21.9 Å². The third-order valence-electron chi connectivity index (χ3n) is 5.40. The van der Waals surface area contributed by atoms with Crippen LogP contribution in [0.25, 0.3) is 0 Å². The molecule has 0 spiro atoms. The van der Waals surface area contributed by atoms with Gasteiger partial charge in [-0.15, -0.1) is 0 Å². The number of carbonyl (C=O) groups excluding carboxylic acids is 1. The minimum atomic E-state index is -3.89. The maximum atomic E-state index is 13.2. The second-order valence-electron chi connectivity index (χ2n) is 7.70. The van der Waals surface area contributed by atoms with Gasteiger partial charge in [0.1, 0.15) is 24.2 Å². The van der Waals surface area contributed by atoms with E-state index >= 15 is 0 Å². The van der Waals surface area contributed by atoms with E-state index in [0.29, 0.717) is 25.2 Å². The predicted molar refractivity (Wildman–Crippen MR) is 120 cm³/mol. The monoisotopic (exact) mass is 469 g/mol. The number of amides is 1. The molecule has 7 nitrogen and oxygen atoms in total. The number of sulfonamides is 1. The lowest BCUT2D eigenvalue weighted by atomic mass is 10.2. The number of carbonyl (C=O) groups is 1. The molecule has 0 unspecified atom stereocenters. The summed E-state index contributed by atoms with van der Waals surface area (Å²) < 4.78 is 46.1. The van der Waals surface area contributed by atoms with Crippen LogP contribution in [0.4, 0.5) is 4.39 Å². The third kappa shape index (κ3) is 5.55. The van der Waals surface area contributed by atoms with Gasteiger partial charge in [0.25, 0.3) is 0 Å². The van der Waals surface area contributed by atoms with E-state index in [4.69, 9.17) is 4.74 Å². The maximum Gasteiger partial charge on any atom is 0.243 e. The van der Waals surface area contributed by atoms with Crippen LogP contribution in [0.3, 0.4) is 0 Å². The van der Waals surface area contributed by atoms with Crippen LogP contribution in [-0.2, 0) is 28.0 Å². The molecule has 0 aliphatic carbocycles. The van der Waals surface area contributed by atoms with E-state index in [1.165, 1.54) is 16.4 Å². The Morgan fingerprint density at radius 2 is 1.94 bits per heavy atom. The Bertz CT molecular complexity index is 1200. The molecular weight excluding hydrogens is 445 g/mol. The molecule has 1 amide bonds. The molecule has 1 N–H and O–H groups in total. The Hall–Kier alpha value is -3.30. The van der Waals surface area contributed by atoms with E-state index in [2.05, 4.69) is 10.3 Å². The number of pyridine rings is 1. The van der Waals surface area contributed by atoms with Crippen LogP contribution >= 0.6 is 0 Å². The minimum absolute atomic E-state index is 0.0265. The SMILES string of the molecule is O=C(NCc1cccc(OCc2ccccn2)c1)[C@@H]1CCCN1S(=O)(=O)c1ccc(F)cc1. The van der Waals surface area contributed by atoms with Gasteiger partial charge >= 0.3 is 0 Å². The van der Waals surface area contributed by atoms with Gasteiger partial charge in [-0.05, 0) is 66.9 Å². The molecule has 4 rings (SSSR count). The van der Waals surface area contributed by atoms with Crippen molar-refractivity contribution in [2.75, 3.05) is 6.54 Å². The number of benzene rings is 2. The molecule has 9 heteroatoms. The maximum absolute atomic E-state index is 13.2. The standard InChI is InChI=1S/C24H24FN3O4S/c25-19-9-11-22(12-10-19)33(30,31)28-14-4-8-23(28)24(29)27-16-18-5-3-7-21(15-18)32-17-20-6-1-2-13-26-20/h1-3,5-7,9-13,15,23H,4,8,14,16-17H2,(H,27,29)/t23-/m0/s1. The zero-order chi connectivity index (χ0) is 23.3. The van der Waals surface area contributed by atoms with Gasteiger partial charge in [0.05, 0.1) is 10.6 Å². The highest BCUT2D eigenvalue weighted by Gasteiger charge is 2.39. The van der Waals surface area contributed by atoms with E-state index in [1.807, 2.05) is 42.5 Å². The van der Waals surface area contributed by atoms with Crippen molar-refractivity contribution in [3.05, 3.63) is 90.0 Å². The van der Waals surface area contributed by atoms with Crippen LogP contribution in [0.5, 0.6) is 5.75 Å². The Morgan fingerprint density at radius 1 is 1.12 bits per heavy atom. The summed E-state index contributed by atoms with van der Waals surface area (Å²) in [5.41, 5.74) is 1.63. The molecule has 1 aliphatic rings. The molecule has 172 valence electrons. The summed E-state index contributed by atoms with van der Waals surface area (Å²) in [7, 11) is -3.89. The van der Waals surface area contributed by atoms with Crippen molar-refractivity contribution in [3.8, 4) is 5.75 Å². The zero-order valence-corrected chi connectivity index (χ0v) is 18.7. The fourth-order valence-corrected chi connectivity index (χ4v) is 5.38. The summed E-state index contributed by atoms with van der Waals surface area (Å²) >= 11 is 0. The van der Waals surface area contributed by atoms with Gasteiger partial charge in [-0.3, -0.25) is 9.78 Å². The van der Waals surface area contributed by atoms with Gasteiger partial charge in [-0.25, -0.2) is 12.8 Å². The van der Waals surface area contributed by atoms with E-state index in [-0.39, 0.29) is 23.9 Å². The molecule has 1 fully saturated rings. The van der Waals surface area contributed by atoms with Gasteiger partial charge in [-0.2, -0.15) is 4.31 Å². The first-order chi connectivity index (χ1) is 15.9. The fourth-order valence-electron chi connectivity index (χ4n) is 3.72. The predicted octanol–water partition coefficient (Wildman–Crippen LogP) is 3.27. The largest absolute Gasteiger partial charge is 0.487 e. The van der Waals surface area contributed by atoms with Crippen LogP contribution in [0.1, 0.15) is 24.1 Å². The second kappa shape index (κ2) is 10.1. The fraction of sp³-hybridized carbons (Fsp3) is 0.250. The molecule has 0 radical (unpaired) electrons. The summed E-state index contributed by atoms with van der Waals surface area (Å²) in [5.74, 6) is -0.234. The van der Waals surface area contributed by atoms with E-state index in [1.54, 1.807) is 6.20 Å². The van der Waals surface area contributed by atoms with Crippen molar-refractivity contribution >= 4 is 15.9 Å². The number of nitrogens with zero attached hydrogens (tertiary/aromatic N) is 2. The summed E-state index contributed by atoms with van der Waals surface area (Å²) in [6, 6.07) is 16.8. The van der Waals surface area contributed by atoms with Gasteiger partial charge < -0.3 is 10.1 Å². The van der Waals surface area contributed by atoms with Gasteiger partial charge in [0.2, 0.25) is 15.9 Å². The average Bonchev–Trinajstić information content (AvgIpc) is 3.34. The lowest BCUT2D eigenvalue weighted by Crippen LogP contribution is -2.45. The number of halogens is 1. The molecule has 2 aromatic carbocycles. The molecule has 33 heavy (non-hydrogen) atoms. The molecule has 0 saturated carbocycles.